The van der Waals surface area contributed by atoms with Crippen LogP contribution in [0.5, 0.6) is 0 Å². The molecule has 0 fully saturated rings. The van der Waals surface area contributed by atoms with E-state index in [9.17, 15) is 21.6 Å². The van der Waals surface area contributed by atoms with Crippen LogP contribution < -0.4 is 5.32 Å². The van der Waals surface area contributed by atoms with Crippen LogP contribution in [0.15, 0.2) is 0 Å². The third kappa shape index (κ3) is 11.8. The van der Waals surface area contributed by atoms with E-state index in [0.29, 0.717) is 6.42 Å². The van der Waals surface area contributed by atoms with Crippen molar-refractivity contribution in [2.45, 2.75) is 38.4 Å². The smallest absolute Gasteiger partial charge is 0.313 e. The zero-order chi connectivity index (χ0) is 12.8. The average molecular weight is 261 g/mol. The average Bonchev–Trinajstić information content (AvgIpc) is 1.98. The van der Waals surface area contributed by atoms with E-state index in [1.165, 1.54) is 0 Å². The van der Waals surface area contributed by atoms with E-state index < -0.39 is 22.4 Å². The van der Waals surface area contributed by atoms with Gasteiger partial charge in [-0.2, -0.15) is 13.2 Å². The van der Waals surface area contributed by atoms with Crippen molar-refractivity contribution in [2.24, 2.45) is 0 Å². The van der Waals surface area contributed by atoms with Crippen molar-refractivity contribution < 1.29 is 21.6 Å². The van der Waals surface area contributed by atoms with Crippen molar-refractivity contribution in [3.05, 3.63) is 0 Å². The Balaban J connectivity index is 3.57. The standard InChI is InChI=1S/C9H18F3NO2S/c1-8(4-3-5-9(10,11)12)13-6-7-16(2,14)15/h8,13H,3-7H2,1-2H3. The lowest BCUT2D eigenvalue weighted by Crippen LogP contribution is -2.30. The summed E-state index contributed by atoms with van der Waals surface area (Å²) >= 11 is 0. The Morgan fingerprint density at radius 3 is 2.31 bits per heavy atom. The van der Waals surface area contributed by atoms with Gasteiger partial charge in [-0.1, -0.05) is 0 Å². The SMILES string of the molecule is CC(CCCC(F)(F)F)NCCS(C)(=O)=O. The van der Waals surface area contributed by atoms with Crippen molar-refractivity contribution in [1.29, 1.82) is 0 Å². The highest BCUT2D eigenvalue weighted by Gasteiger charge is 2.26. The molecule has 0 bridgehead atoms. The molecule has 16 heavy (non-hydrogen) atoms. The van der Waals surface area contributed by atoms with Gasteiger partial charge in [-0.25, -0.2) is 8.42 Å². The van der Waals surface area contributed by atoms with Gasteiger partial charge in [0.2, 0.25) is 0 Å². The fourth-order valence-electron chi connectivity index (χ4n) is 1.20. The minimum atomic E-state index is -4.10. The molecule has 1 N–H and O–H groups in total. The molecule has 0 heterocycles. The van der Waals surface area contributed by atoms with Crippen LogP contribution in [0.1, 0.15) is 26.2 Å². The number of nitrogens with one attached hydrogen (secondary N) is 1. The van der Waals surface area contributed by atoms with Crippen LogP contribution in [0.3, 0.4) is 0 Å². The van der Waals surface area contributed by atoms with Gasteiger partial charge in [-0.3, -0.25) is 0 Å². The first-order valence-corrected chi connectivity index (χ1v) is 7.14. The Hall–Kier alpha value is -0.300. The van der Waals surface area contributed by atoms with Crippen molar-refractivity contribution in [2.75, 3.05) is 18.6 Å². The van der Waals surface area contributed by atoms with E-state index in [1.807, 2.05) is 0 Å². The highest BCUT2D eigenvalue weighted by molar-refractivity contribution is 7.90. The van der Waals surface area contributed by atoms with Gasteiger partial charge < -0.3 is 5.32 Å². The Morgan fingerprint density at radius 2 is 1.88 bits per heavy atom. The molecule has 0 saturated carbocycles. The van der Waals surface area contributed by atoms with Crippen molar-refractivity contribution >= 4 is 9.84 Å². The zero-order valence-electron chi connectivity index (χ0n) is 9.47. The molecule has 0 rings (SSSR count). The molecule has 1 atom stereocenters. The van der Waals surface area contributed by atoms with Gasteiger partial charge >= 0.3 is 6.18 Å². The maximum absolute atomic E-state index is 11.8. The molecule has 0 aliphatic carbocycles. The molecule has 0 amide bonds. The van der Waals surface area contributed by atoms with Gasteiger partial charge in [0.25, 0.3) is 0 Å². The Labute approximate surface area is 94.3 Å². The maximum Gasteiger partial charge on any atom is 0.389 e. The lowest BCUT2D eigenvalue weighted by atomic mass is 10.1. The maximum atomic E-state index is 11.8. The zero-order valence-corrected chi connectivity index (χ0v) is 10.3. The van der Waals surface area contributed by atoms with Gasteiger partial charge in [-0.15, -0.1) is 0 Å². The van der Waals surface area contributed by atoms with E-state index in [1.54, 1.807) is 6.92 Å². The van der Waals surface area contributed by atoms with Gasteiger partial charge in [0, 0.05) is 25.3 Å². The fraction of sp³-hybridized carbons (Fsp3) is 1.00. The molecule has 0 aromatic heterocycles. The molecule has 0 saturated heterocycles. The molecule has 3 nitrogen and oxygen atoms in total. The summed E-state index contributed by atoms with van der Waals surface area (Å²) in [5.74, 6) is 0.0105. The first-order chi connectivity index (χ1) is 7.10. The molecule has 0 aromatic rings. The molecular formula is C9H18F3NO2S. The minimum absolute atomic E-state index is 0.0105. The van der Waals surface area contributed by atoms with Crippen LogP contribution in [0.2, 0.25) is 0 Å². The summed E-state index contributed by atoms with van der Waals surface area (Å²) in [6.45, 7) is 2.03. The molecule has 0 aliphatic heterocycles. The summed E-state index contributed by atoms with van der Waals surface area (Å²) in [4.78, 5) is 0. The van der Waals surface area contributed by atoms with Crippen LogP contribution in [-0.2, 0) is 9.84 Å². The number of sulfone groups is 1. The predicted molar refractivity (Wildman–Crippen MR) is 57.1 cm³/mol. The largest absolute Gasteiger partial charge is 0.389 e. The van der Waals surface area contributed by atoms with Crippen molar-refractivity contribution in [1.82, 2.24) is 5.32 Å². The van der Waals surface area contributed by atoms with E-state index in [0.717, 1.165) is 6.26 Å². The van der Waals surface area contributed by atoms with Crippen LogP contribution >= 0.6 is 0 Å². The summed E-state index contributed by atoms with van der Waals surface area (Å²) in [5, 5.41) is 2.88. The molecule has 0 radical (unpaired) electrons. The van der Waals surface area contributed by atoms with Gasteiger partial charge in [0.1, 0.15) is 9.84 Å². The number of alkyl halides is 3. The molecule has 1 unspecified atom stereocenters. The van der Waals surface area contributed by atoms with Crippen LogP contribution in [0, 0.1) is 0 Å². The molecule has 0 spiro atoms. The van der Waals surface area contributed by atoms with E-state index in [2.05, 4.69) is 5.32 Å². The number of rotatable bonds is 7. The quantitative estimate of drug-likeness (QED) is 0.759. The monoisotopic (exact) mass is 261 g/mol. The van der Waals surface area contributed by atoms with E-state index >= 15 is 0 Å². The molecule has 0 aliphatic rings. The second-order valence-electron chi connectivity index (χ2n) is 3.99. The van der Waals surface area contributed by atoms with Crippen molar-refractivity contribution in [3.63, 3.8) is 0 Å². The topological polar surface area (TPSA) is 46.2 Å². The summed E-state index contributed by atoms with van der Waals surface area (Å²) in [5.41, 5.74) is 0. The normalized spacial score (nSPS) is 15.1. The molecular weight excluding hydrogens is 243 g/mol. The Bertz CT molecular complexity index is 288. The van der Waals surface area contributed by atoms with E-state index in [-0.39, 0.29) is 24.8 Å². The first kappa shape index (κ1) is 15.7. The highest BCUT2D eigenvalue weighted by atomic mass is 32.2. The molecule has 98 valence electrons. The molecule has 0 aromatic carbocycles. The molecule has 7 heteroatoms. The second kappa shape index (κ2) is 6.44. The van der Waals surface area contributed by atoms with Crippen molar-refractivity contribution in [3.8, 4) is 0 Å². The Morgan fingerprint density at radius 1 is 1.31 bits per heavy atom. The highest BCUT2D eigenvalue weighted by Crippen LogP contribution is 2.22. The third-order valence-electron chi connectivity index (χ3n) is 2.06. The summed E-state index contributed by atoms with van der Waals surface area (Å²) in [6.07, 6.45) is -3.31. The summed E-state index contributed by atoms with van der Waals surface area (Å²) in [7, 11) is -3.01. The summed E-state index contributed by atoms with van der Waals surface area (Å²) < 4.78 is 57.0. The summed E-state index contributed by atoms with van der Waals surface area (Å²) in [6, 6.07) is -0.0934. The lowest BCUT2D eigenvalue weighted by molar-refractivity contribution is -0.135. The number of hydrogen-bond donors (Lipinski definition) is 1. The van der Waals surface area contributed by atoms with Crippen LogP contribution in [0.4, 0.5) is 13.2 Å². The predicted octanol–water partition coefficient (Wildman–Crippen LogP) is 1.74. The van der Waals surface area contributed by atoms with Gasteiger partial charge in [0.05, 0.1) is 5.75 Å². The van der Waals surface area contributed by atoms with Crippen LogP contribution in [-0.4, -0.2) is 39.2 Å². The minimum Gasteiger partial charge on any atom is -0.313 e. The number of halogens is 3. The number of hydrogen-bond acceptors (Lipinski definition) is 3. The van der Waals surface area contributed by atoms with E-state index in [4.69, 9.17) is 0 Å². The van der Waals surface area contributed by atoms with Gasteiger partial charge in [0.15, 0.2) is 0 Å². The second-order valence-corrected chi connectivity index (χ2v) is 6.25. The van der Waals surface area contributed by atoms with Gasteiger partial charge in [-0.05, 0) is 19.8 Å². The lowest BCUT2D eigenvalue weighted by Gasteiger charge is -2.13. The fourth-order valence-corrected chi connectivity index (χ4v) is 1.69. The third-order valence-corrected chi connectivity index (χ3v) is 3.01. The first-order valence-electron chi connectivity index (χ1n) is 5.08. The van der Waals surface area contributed by atoms with Crippen LogP contribution in [0.25, 0.3) is 0 Å². The Kier molecular flexibility index (Phi) is 6.32.